The van der Waals surface area contributed by atoms with Gasteiger partial charge in [-0.2, -0.15) is 0 Å². The van der Waals surface area contributed by atoms with Crippen LogP contribution in [0.3, 0.4) is 0 Å². The molecule has 5 nitrogen and oxygen atoms in total. The Morgan fingerprint density at radius 2 is 2.14 bits per heavy atom. The third-order valence-corrected chi connectivity index (χ3v) is 2.40. The van der Waals surface area contributed by atoms with Gasteiger partial charge in [0.1, 0.15) is 6.54 Å². The molecule has 0 aliphatic heterocycles. The number of nitrogens with two attached hydrogens (primary N) is 1. The van der Waals surface area contributed by atoms with Gasteiger partial charge in [0.2, 0.25) is 5.91 Å². The summed E-state index contributed by atoms with van der Waals surface area (Å²) >= 11 is 0. The van der Waals surface area contributed by atoms with E-state index < -0.39 is 11.5 Å². The second-order valence-corrected chi connectivity index (χ2v) is 3.50. The maximum atomic E-state index is 11.4. The highest BCUT2D eigenvalue weighted by Gasteiger charge is 2.40. The molecular weight excluding hydrogens is 184 g/mol. The van der Waals surface area contributed by atoms with Crippen LogP contribution in [-0.4, -0.2) is 30.6 Å². The Hall–Kier alpha value is -1.10. The van der Waals surface area contributed by atoms with E-state index in [4.69, 9.17) is 5.73 Å². The van der Waals surface area contributed by atoms with Gasteiger partial charge in [0, 0.05) is 0 Å². The predicted molar refractivity (Wildman–Crippen MR) is 50.4 cm³/mol. The summed E-state index contributed by atoms with van der Waals surface area (Å²) in [7, 11) is 0. The molecule has 80 valence electrons. The maximum absolute atomic E-state index is 11.4. The molecule has 0 spiro atoms. The highest BCUT2D eigenvalue weighted by atomic mass is 16.5. The third kappa shape index (κ3) is 2.45. The fraction of sp³-hybridized carbons (Fsp3) is 0.778. The molecule has 0 bridgehead atoms. The molecule has 0 unspecified atom stereocenters. The molecule has 14 heavy (non-hydrogen) atoms. The minimum Gasteiger partial charge on any atom is -0.465 e. The number of esters is 1. The largest absolute Gasteiger partial charge is 0.465 e. The number of hydrogen-bond acceptors (Lipinski definition) is 4. The fourth-order valence-corrected chi connectivity index (χ4v) is 1.33. The Kier molecular flexibility index (Phi) is 3.46. The molecule has 1 rings (SSSR count). The van der Waals surface area contributed by atoms with E-state index in [1.54, 1.807) is 6.92 Å². The van der Waals surface area contributed by atoms with Crippen LogP contribution in [0.1, 0.15) is 26.2 Å². The van der Waals surface area contributed by atoms with Gasteiger partial charge in [-0.1, -0.05) is 0 Å². The Balaban J connectivity index is 2.24. The molecule has 0 aromatic heterocycles. The molecular formula is C9H16N2O3. The lowest BCUT2D eigenvalue weighted by molar-refractivity contribution is -0.144. The predicted octanol–water partition coefficient (Wildman–Crippen LogP) is -0.453. The van der Waals surface area contributed by atoms with E-state index in [2.05, 4.69) is 10.1 Å². The van der Waals surface area contributed by atoms with Crippen molar-refractivity contribution in [3.63, 3.8) is 0 Å². The van der Waals surface area contributed by atoms with Crippen LogP contribution in [0.25, 0.3) is 0 Å². The fourth-order valence-electron chi connectivity index (χ4n) is 1.33. The van der Waals surface area contributed by atoms with Crippen LogP contribution in [0.5, 0.6) is 0 Å². The number of amides is 1. The molecule has 1 saturated carbocycles. The second kappa shape index (κ2) is 4.41. The molecule has 0 saturated heterocycles. The van der Waals surface area contributed by atoms with Crippen molar-refractivity contribution in [2.75, 3.05) is 13.2 Å². The average molecular weight is 200 g/mol. The Morgan fingerprint density at radius 3 is 2.57 bits per heavy atom. The zero-order valence-corrected chi connectivity index (χ0v) is 8.34. The molecule has 0 radical (unpaired) electrons. The Labute approximate surface area is 83.0 Å². The van der Waals surface area contributed by atoms with Crippen LogP contribution < -0.4 is 11.1 Å². The van der Waals surface area contributed by atoms with E-state index in [9.17, 15) is 9.59 Å². The zero-order valence-electron chi connectivity index (χ0n) is 8.34. The van der Waals surface area contributed by atoms with Gasteiger partial charge in [-0.3, -0.25) is 9.59 Å². The van der Waals surface area contributed by atoms with Gasteiger partial charge in [-0.05, 0) is 26.2 Å². The normalized spacial score (nSPS) is 18.1. The van der Waals surface area contributed by atoms with E-state index in [0.717, 1.165) is 6.42 Å². The topological polar surface area (TPSA) is 81.4 Å². The first-order valence-electron chi connectivity index (χ1n) is 4.81. The summed E-state index contributed by atoms with van der Waals surface area (Å²) in [6.45, 7) is 1.95. The molecule has 0 atom stereocenters. The van der Waals surface area contributed by atoms with Gasteiger partial charge in [-0.15, -0.1) is 0 Å². The summed E-state index contributed by atoms with van der Waals surface area (Å²) in [4.78, 5) is 22.3. The van der Waals surface area contributed by atoms with Crippen LogP contribution >= 0.6 is 0 Å². The molecule has 1 amide bonds. The van der Waals surface area contributed by atoms with Crippen LogP contribution in [0.2, 0.25) is 0 Å². The lowest BCUT2D eigenvalue weighted by atomic mass is 9.77. The van der Waals surface area contributed by atoms with Gasteiger partial charge in [0.05, 0.1) is 12.1 Å². The van der Waals surface area contributed by atoms with Gasteiger partial charge in [-0.25, -0.2) is 0 Å². The van der Waals surface area contributed by atoms with E-state index in [-0.39, 0.29) is 12.5 Å². The quantitative estimate of drug-likeness (QED) is 0.602. The van der Waals surface area contributed by atoms with E-state index in [0.29, 0.717) is 19.4 Å². The molecule has 1 fully saturated rings. The zero-order chi connectivity index (χ0) is 10.6. The summed E-state index contributed by atoms with van der Waals surface area (Å²) < 4.78 is 4.66. The smallest absolute Gasteiger partial charge is 0.325 e. The van der Waals surface area contributed by atoms with E-state index >= 15 is 0 Å². The summed E-state index contributed by atoms with van der Waals surface area (Å²) in [6.07, 6.45) is 2.37. The van der Waals surface area contributed by atoms with Gasteiger partial charge in [0.25, 0.3) is 0 Å². The number of ether oxygens (including phenoxy) is 1. The van der Waals surface area contributed by atoms with Crippen molar-refractivity contribution in [2.45, 2.75) is 31.7 Å². The number of carbonyl (C=O) groups is 2. The summed E-state index contributed by atoms with van der Waals surface area (Å²) in [6, 6.07) is 0. The minimum absolute atomic E-state index is 0.0916. The van der Waals surface area contributed by atoms with Gasteiger partial charge >= 0.3 is 5.97 Å². The lowest BCUT2D eigenvalue weighted by Gasteiger charge is -2.35. The Morgan fingerprint density at radius 1 is 1.50 bits per heavy atom. The number of hydrogen-bond donors (Lipinski definition) is 2. The van der Waals surface area contributed by atoms with Gasteiger partial charge in [0.15, 0.2) is 0 Å². The van der Waals surface area contributed by atoms with Gasteiger partial charge < -0.3 is 15.8 Å². The highest BCUT2D eigenvalue weighted by Crippen LogP contribution is 2.28. The Bertz CT molecular complexity index is 236. The third-order valence-electron chi connectivity index (χ3n) is 2.40. The average Bonchev–Trinajstić information content (AvgIpc) is 2.11. The van der Waals surface area contributed by atoms with Crippen LogP contribution in [-0.2, 0) is 14.3 Å². The lowest BCUT2D eigenvalue weighted by Crippen LogP contribution is -2.59. The molecule has 1 aliphatic rings. The summed E-state index contributed by atoms with van der Waals surface area (Å²) in [5.74, 6) is -0.680. The number of carbonyl (C=O) groups excluding carboxylic acids is 2. The molecule has 5 heteroatoms. The number of nitrogens with one attached hydrogen (secondary N) is 1. The second-order valence-electron chi connectivity index (χ2n) is 3.50. The first-order valence-corrected chi connectivity index (χ1v) is 4.81. The molecule has 0 heterocycles. The van der Waals surface area contributed by atoms with Crippen LogP contribution in [0, 0.1) is 0 Å². The molecule has 0 aromatic rings. The summed E-state index contributed by atoms with van der Waals surface area (Å²) in [5, 5.41) is 2.47. The molecule has 3 N–H and O–H groups in total. The van der Waals surface area contributed by atoms with Crippen molar-refractivity contribution in [2.24, 2.45) is 5.73 Å². The summed E-state index contributed by atoms with van der Waals surface area (Å²) in [5.41, 5.74) is 5.00. The standard InChI is InChI=1S/C9H16N2O3/c1-2-14-7(12)6-11-8(13)9(10)4-3-5-9/h2-6,10H2,1H3,(H,11,13). The SMILES string of the molecule is CCOC(=O)CNC(=O)C1(N)CCC1. The van der Waals surface area contributed by atoms with Crippen molar-refractivity contribution in [1.29, 1.82) is 0 Å². The first-order chi connectivity index (χ1) is 6.58. The first kappa shape index (κ1) is 11.0. The van der Waals surface area contributed by atoms with Crippen molar-refractivity contribution in [3.8, 4) is 0 Å². The maximum Gasteiger partial charge on any atom is 0.325 e. The highest BCUT2D eigenvalue weighted by molar-refractivity contribution is 5.89. The van der Waals surface area contributed by atoms with E-state index in [1.807, 2.05) is 0 Å². The van der Waals surface area contributed by atoms with Crippen LogP contribution in [0.15, 0.2) is 0 Å². The minimum atomic E-state index is -0.744. The van der Waals surface area contributed by atoms with E-state index in [1.165, 1.54) is 0 Å². The van der Waals surface area contributed by atoms with Crippen molar-refractivity contribution in [1.82, 2.24) is 5.32 Å². The number of rotatable bonds is 4. The van der Waals surface area contributed by atoms with Crippen molar-refractivity contribution >= 4 is 11.9 Å². The molecule has 1 aliphatic carbocycles. The monoisotopic (exact) mass is 200 g/mol. The van der Waals surface area contributed by atoms with Crippen LogP contribution in [0.4, 0.5) is 0 Å². The van der Waals surface area contributed by atoms with Crippen molar-refractivity contribution < 1.29 is 14.3 Å². The molecule has 0 aromatic carbocycles. The van der Waals surface area contributed by atoms with Crippen molar-refractivity contribution in [3.05, 3.63) is 0 Å².